The predicted molar refractivity (Wildman–Crippen MR) is 82.2 cm³/mol. The Bertz CT molecular complexity index is 320. The van der Waals surface area contributed by atoms with E-state index in [2.05, 4.69) is 5.32 Å². The van der Waals surface area contributed by atoms with E-state index >= 15 is 0 Å². The molecule has 116 valence electrons. The zero-order valence-electron chi connectivity index (χ0n) is 12.4. The largest absolute Gasteiger partial charge is 0.480 e. The van der Waals surface area contributed by atoms with Gasteiger partial charge in [0.15, 0.2) is 0 Å². The molecule has 0 radical (unpaired) electrons. The van der Waals surface area contributed by atoms with Gasteiger partial charge in [-0.3, -0.25) is 0 Å². The lowest BCUT2D eigenvalue weighted by Gasteiger charge is -2.28. The van der Waals surface area contributed by atoms with Gasteiger partial charge in [0.25, 0.3) is 0 Å². The standard InChI is InChI=1S/C14H26N2O3S/c1-16(10-11-6-4-3-5-7-11)14(19)15-12(13(17)18)8-9-20-2/h11-12H,3-10H2,1-2H3,(H,15,19)(H,17,18)/t12-/m1/s1. The molecule has 20 heavy (non-hydrogen) atoms. The molecule has 1 rings (SSSR count). The highest BCUT2D eigenvalue weighted by Gasteiger charge is 2.23. The Morgan fingerprint density at radius 3 is 2.55 bits per heavy atom. The summed E-state index contributed by atoms with van der Waals surface area (Å²) in [5.74, 6) is 0.330. The lowest BCUT2D eigenvalue weighted by atomic mass is 9.89. The fraction of sp³-hybridized carbons (Fsp3) is 0.857. The minimum Gasteiger partial charge on any atom is -0.480 e. The van der Waals surface area contributed by atoms with Crippen LogP contribution in [0.2, 0.25) is 0 Å². The Kier molecular flexibility index (Phi) is 7.80. The Balaban J connectivity index is 2.39. The predicted octanol–water partition coefficient (Wildman–Crippen LogP) is 2.41. The van der Waals surface area contributed by atoms with Crippen molar-refractivity contribution in [1.29, 1.82) is 0 Å². The van der Waals surface area contributed by atoms with Crippen molar-refractivity contribution in [2.24, 2.45) is 5.92 Å². The van der Waals surface area contributed by atoms with E-state index in [1.54, 1.807) is 23.7 Å². The smallest absolute Gasteiger partial charge is 0.326 e. The van der Waals surface area contributed by atoms with Gasteiger partial charge in [-0.2, -0.15) is 11.8 Å². The van der Waals surface area contributed by atoms with E-state index in [1.807, 2.05) is 6.26 Å². The van der Waals surface area contributed by atoms with Gasteiger partial charge < -0.3 is 15.3 Å². The monoisotopic (exact) mass is 302 g/mol. The molecule has 1 aliphatic rings. The quantitative estimate of drug-likeness (QED) is 0.758. The van der Waals surface area contributed by atoms with Gasteiger partial charge in [0.1, 0.15) is 6.04 Å². The van der Waals surface area contributed by atoms with Crippen LogP contribution in [-0.4, -0.2) is 53.6 Å². The first-order valence-electron chi connectivity index (χ1n) is 7.28. The molecule has 6 heteroatoms. The van der Waals surface area contributed by atoms with E-state index in [1.165, 1.54) is 32.1 Å². The van der Waals surface area contributed by atoms with Crippen LogP contribution in [0.5, 0.6) is 0 Å². The molecule has 0 bridgehead atoms. The maximum atomic E-state index is 12.0. The number of rotatable bonds is 7. The summed E-state index contributed by atoms with van der Waals surface area (Å²) < 4.78 is 0. The van der Waals surface area contributed by atoms with Crippen LogP contribution < -0.4 is 5.32 Å². The van der Waals surface area contributed by atoms with Gasteiger partial charge >= 0.3 is 12.0 Å². The Hall–Kier alpha value is -0.910. The minimum absolute atomic E-state index is 0.274. The molecule has 0 saturated heterocycles. The van der Waals surface area contributed by atoms with Crippen LogP contribution >= 0.6 is 11.8 Å². The van der Waals surface area contributed by atoms with E-state index in [0.29, 0.717) is 12.3 Å². The number of carbonyl (C=O) groups is 2. The summed E-state index contributed by atoms with van der Waals surface area (Å²) in [5, 5.41) is 11.7. The maximum absolute atomic E-state index is 12.0. The molecule has 0 aromatic rings. The number of amides is 2. The highest BCUT2D eigenvalue weighted by molar-refractivity contribution is 7.98. The third-order valence-corrected chi connectivity index (χ3v) is 4.45. The molecule has 0 unspecified atom stereocenters. The van der Waals surface area contributed by atoms with E-state index in [9.17, 15) is 9.59 Å². The average Bonchev–Trinajstić information content (AvgIpc) is 2.43. The number of carboxylic acids is 1. The Morgan fingerprint density at radius 1 is 1.35 bits per heavy atom. The van der Waals surface area contributed by atoms with Crippen molar-refractivity contribution in [2.45, 2.75) is 44.6 Å². The molecule has 1 aliphatic carbocycles. The lowest BCUT2D eigenvalue weighted by Crippen LogP contribution is -2.48. The SMILES string of the molecule is CSCC[C@@H](NC(=O)N(C)CC1CCCCC1)C(=O)O. The van der Waals surface area contributed by atoms with Gasteiger partial charge in [0.2, 0.25) is 0 Å². The van der Waals surface area contributed by atoms with Crippen molar-refractivity contribution in [3.05, 3.63) is 0 Å². The van der Waals surface area contributed by atoms with Crippen LogP contribution in [0.1, 0.15) is 38.5 Å². The van der Waals surface area contributed by atoms with Gasteiger partial charge in [-0.05, 0) is 37.2 Å². The second kappa shape index (κ2) is 9.10. The molecule has 2 N–H and O–H groups in total. The number of aliphatic carboxylic acids is 1. The van der Waals surface area contributed by atoms with Gasteiger partial charge in [-0.15, -0.1) is 0 Å². The number of carboxylic acid groups (broad SMARTS) is 1. The zero-order chi connectivity index (χ0) is 15.0. The van der Waals surface area contributed by atoms with Gasteiger partial charge in [-0.25, -0.2) is 9.59 Å². The minimum atomic E-state index is -0.960. The first kappa shape index (κ1) is 17.1. The van der Waals surface area contributed by atoms with Crippen molar-refractivity contribution in [1.82, 2.24) is 10.2 Å². The van der Waals surface area contributed by atoms with Gasteiger partial charge in [0, 0.05) is 13.6 Å². The Labute approximate surface area is 125 Å². The highest BCUT2D eigenvalue weighted by Crippen LogP contribution is 2.24. The van der Waals surface area contributed by atoms with Gasteiger partial charge in [0.05, 0.1) is 0 Å². The molecule has 1 atom stereocenters. The summed E-state index contributed by atoms with van der Waals surface area (Å²) in [7, 11) is 1.75. The number of thioether (sulfide) groups is 1. The summed E-state index contributed by atoms with van der Waals surface area (Å²) in [6, 6.07) is -1.06. The second-order valence-corrected chi connectivity index (χ2v) is 6.49. The van der Waals surface area contributed by atoms with Crippen LogP contribution in [0, 0.1) is 5.92 Å². The van der Waals surface area contributed by atoms with Gasteiger partial charge in [-0.1, -0.05) is 19.3 Å². The summed E-state index contributed by atoms with van der Waals surface area (Å²) >= 11 is 1.58. The lowest BCUT2D eigenvalue weighted by molar-refractivity contribution is -0.139. The van der Waals surface area contributed by atoms with E-state index in [-0.39, 0.29) is 6.03 Å². The zero-order valence-corrected chi connectivity index (χ0v) is 13.2. The number of carbonyl (C=O) groups excluding carboxylic acids is 1. The molecule has 2 amide bonds. The summed E-state index contributed by atoms with van der Waals surface area (Å²) in [4.78, 5) is 24.8. The summed E-state index contributed by atoms with van der Waals surface area (Å²) in [6.07, 6.45) is 8.51. The average molecular weight is 302 g/mol. The highest BCUT2D eigenvalue weighted by atomic mass is 32.2. The Morgan fingerprint density at radius 2 is 2.00 bits per heavy atom. The van der Waals surface area contributed by atoms with Crippen LogP contribution in [0.25, 0.3) is 0 Å². The maximum Gasteiger partial charge on any atom is 0.326 e. The summed E-state index contributed by atoms with van der Waals surface area (Å²) in [5.41, 5.74) is 0. The van der Waals surface area contributed by atoms with E-state index < -0.39 is 12.0 Å². The first-order chi connectivity index (χ1) is 9.54. The summed E-state index contributed by atoms with van der Waals surface area (Å²) in [6.45, 7) is 0.723. The molecule has 0 aromatic carbocycles. The van der Waals surface area contributed by atoms with Crippen LogP contribution in [-0.2, 0) is 4.79 Å². The molecule has 0 heterocycles. The van der Waals surface area contributed by atoms with Crippen LogP contribution in [0.3, 0.4) is 0 Å². The molecular weight excluding hydrogens is 276 g/mol. The number of nitrogens with one attached hydrogen (secondary N) is 1. The molecule has 0 aliphatic heterocycles. The number of urea groups is 1. The van der Waals surface area contributed by atoms with Crippen molar-refractivity contribution in [2.75, 3.05) is 25.6 Å². The fourth-order valence-electron chi connectivity index (χ4n) is 2.59. The second-order valence-electron chi connectivity index (χ2n) is 5.51. The third kappa shape index (κ3) is 6.03. The van der Waals surface area contributed by atoms with Crippen molar-refractivity contribution < 1.29 is 14.7 Å². The first-order valence-corrected chi connectivity index (χ1v) is 8.67. The van der Waals surface area contributed by atoms with E-state index in [0.717, 1.165) is 12.3 Å². The topological polar surface area (TPSA) is 69.6 Å². The molecule has 0 aromatic heterocycles. The van der Waals surface area contributed by atoms with E-state index in [4.69, 9.17) is 5.11 Å². The van der Waals surface area contributed by atoms with Crippen LogP contribution in [0.4, 0.5) is 4.79 Å². The molecule has 1 saturated carbocycles. The molecular formula is C14H26N2O3S. The third-order valence-electron chi connectivity index (χ3n) is 3.81. The number of nitrogens with zero attached hydrogens (tertiary/aromatic N) is 1. The molecule has 1 fully saturated rings. The van der Waals surface area contributed by atoms with Crippen molar-refractivity contribution >= 4 is 23.8 Å². The van der Waals surface area contributed by atoms with Crippen molar-refractivity contribution in [3.8, 4) is 0 Å². The molecule has 5 nitrogen and oxygen atoms in total. The molecule has 0 spiro atoms. The normalized spacial score (nSPS) is 17.5. The number of hydrogen-bond acceptors (Lipinski definition) is 3. The fourth-order valence-corrected chi connectivity index (χ4v) is 3.06. The van der Waals surface area contributed by atoms with Crippen molar-refractivity contribution in [3.63, 3.8) is 0 Å². The number of hydrogen-bond donors (Lipinski definition) is 2. The van der Waals surface area contributed by atoms with Crippen LogP contribution in [0.15, 0.2) is 0 Å².